The first-order chi connectivity index (χ1) is 17.6. The Morgan fingerprint density at radius 1 is 1.22 bits per heavy atom. The van der Waals surface area contributed by atoms with Gasteiger partial charge in [-0.2, -0.15) is 0 Å². The smallest absolute Gasteiger partial charge is 0.319 e. The molecule has 0 unspecified atom stereocenters. The Morgan fingerprint density at radius 2 is 1.92 bits per heavy atom. The fraction of sp³-hybridized carbons (Fsp3) is 0.500. The number of hydrogen-bond donors (Lipinski definition) is 3. The summed E-state index contributed by atoms with van der Waals surface area (Å²) in [6.45, 7) is 9.21. The number of urea groups is 1. The number of aliphatic hydroxyl groups excluding tert-OH is 1. The van der Waals surface area contributed by atoms with Crippen LogP contribution in [0.4, 0.5) is 10.5 Å². The first-order valence-electron chi connectivity index (χ1n) is 12.7. The number of fused-ring (bicyclic) bond motifs is 1. The summed E-state index contributed by atoms with van der Waals surface area (Å²) in [4.78, 5) is 29.9. The highest BCUT2D eigenvalue weighted by atomic mass is 16.5. The van der Waals surface area contributed by atoms with E-state index in [0.717, 1.165) is 11.3 Å². The second-order valence-electron chi connectivity index (χ2n) is 10.1. The molecule has 0 aromatic heterocycles. The number of amides is 3. The fourth-order valence-corrected chi connectivity index (χ4v) is 4.39. The van der Waals surface area contributed by atoms with E-state index in [-0.39, 0.29) is 42.7 Å². The summed E-state index contributed by atoms with van der Waals surface area (Å²) in [7, 11) is 3.67. The molecular formula is C28H40N4O5. The van der Waals surface area contributed by atoms with Gasteiger partial charge >= 0.3 is 6.03 Å². The van der Waals surface area contributed by atoms with E-state index in [1.807, 2.05) is 59.0 Å². The van der Waals surface area contributed by atoms with Crippen molar-refractivity contribution < 1.29 is 24.2 Å². The van der Waals surface area contributed by atoms with Gasteiger partial charge in [0.1, 0.15) is 11.9 Å². The number of ether oxygens (including phenoxy) is 2. The molecule has 2 aromatic rings. The van der Waals surface area contributed by atoms with Gasteiger partial charge < -0.3 is 30.1 Å². The number of likely N-dealkylation sites (N-methyl/N-ethyl adjacent to an activating group) is 1. The Morgan fingerprint density at radius 3 is 2.54 bits per heavy atom. The molecule has 0 saturated heterocycles. The molecule has 37 heavy (non-hydrogen) atoms. The zero-order chi connectivity index (χ0) is 27.1. The van der Waals surface area contributed by atoms with Gasteiger partial charge in [0, 0.05) is 31.6 Å². The summed E-state index contributed by atoms with van der Waals surface area (Å²) in [6.07, 6.45) is -0.278. The average molecular weight is 513 g/mol. The van der Waals surface area contributed by atoms with E-state index in [1.165, 1.54) is 0 Å². The Balaban J connectivity index is 1.91. The number of para-hydroxylation sites is 1. The first-order valence-corrected chi connectivity index (χ1v) is 12.7. The zero-order valence-corrected chi connectivity index (χ0v) is 22.7. The predicted molar refractivity (Wildman–Crippen MR) is 144 cm³/mol. The third-order valence-electron chi connectivity index (χ3n) is 6.46. The number of rotatable bonds is 9. The summed E-state index contributed by atoms with van der Waals surface area (Å²) >= 11 is 0. The fourth-order valence-electron chi connectivity index (χ4n) is 4.39. The zero-order valence-electron chi connectivity index (χ0n) is 22.7. The first kappa shape index (κ1) is 28.3. The van der Waals surface area contributed by atoms with Crippen LogP contribution in [0, 0.1) is 5.92 Å². The van der Waals surface area contributed by atoms with Crippen molar-refractivity contribution in [3.63, 3.8) is 0 Å². The number of carbonyl (C=O) groups is 2. The molecule has 9 heteroatoms. The predicted octanol–water partition coefficient (Wildman–Crippen LogP) is 3.58. The molecule has 3 atom stereocenters. The normalized spacial score (nSPS) is 18.5. The summed E-state index contributed by atoms with van der Waals surface area (Å²) < 4.78 is 11.8. The highest BCUT2D eigenvalue weighted by Crippen LogP contribution is 2.35. The molecule has 0 fully saturated rings. The van der Waals surface area contributed by atoms with E-state index in [0.29, 0.717) is 36.6 Å². The molecule has 1 aliphatic heterocycles. The lowest BCUT2D eigenvalue weighted by atomic mass is 9.99. The number of methoxy groups -OCH3 is 1. The lowest BCUT2D eigenvalue weighted by Gasteiger charge is -2.38. The van der Waals surface area contributed by atoms with Crippen LogP contribution < -0.4 is 20.1 Å². The minimum Gasteiger partial charge on any atom is -0.497 e. The van der Waals surface area contributed by atoms with Gasteiger partial charge in [-0.05, 0) is 57.6 Å². The van der Waals surface area contributed by atoms with Crippen molar-refractivity contribution in [3.8, 4) is 11.5 Å². The van der Waals surface area contributed by atoms with Crippen LogP contribution in [0.5, 0.6) is 11.5 Å². The molecule has 0 aliphatic carbocycles. The van der Waals surface area contributed by atoms with Gasteiger partial charge in [-0.15, -0.1) is 0 Å². The van der Waals surface area contributed by atoms with Crippen LogP contribution in [0.2, 0.25) is 0 Å². The van der Waals surface area contributed by atoms with Gasteiger partial charge in [0.15, 0.2) is 5.75 Å². The Kier molecular flexibility index (Phi) is 9.77. The second-order valence-corrected chi connectivity index (χ2v) is 10.1. The summed E-state index contributed by atoms with van der Waals surface area (Å²) in [5.41, 5.74) is 1.93. The van der Waals surface area contributed by atoms with Crippen LogP contribution in [-0.4, -0.2) is 78.9 Å². The third kappa shape index (κ3) is 7.36. The van der Waals surface area contributed by atoms with Gasteiger partial charge in [-0.25, -0.2) is 4.79 Å². The van der Waals surface area contributed by atoms with E-state index < -0.39 is 0 Å². The minimum atomic E-state index is -0.372. The van der Waals surface area contributed by atoms with E-state index >= 15 is 0 Å². The molecule has 0 saturated carbocycles. The van der Waals surface area contributed by atoms with Crippen molar-refractivity contribution in [2.45, 2.75) is 52.4 Å². The Bertz CT molecular complexity index is 1060. The summed E-state index contributed by atoms with van der Waals surface area (Å²) in [5.74, 6) is 0.878. The molecule has 2 aromatic carbocycles. The lowest BCUT2D eigenvalue weighted by Crippen LogP contribution is -2.49. The van der Waals surface area contributed by atoms with E-state index in [4.69, 9.17) is 9.47 Å². The molecular weight excluding hydrogens is 472 g/mol. The SMILES string of the molecule is COc1ccc(CN(C)C[C@H]2Oc3c(NC(=O)NC(C)C)cccc3C(=O)N([C@@H](C)CO)C[C@@H]2C)cc1. The second kappa shape index (κ2) is 12.8. The average Bonchev–Trinajstić information content (AvgIpc) is 2.86. The Hall–Kier alpha value is -3.30. The number of aliphatic hydroxyl groups is 1. The number of benzene rings is 2. The van der Waals surface area contributed by atoms with E-state index in [2.05, 4.69) is 15.5 Å². The van der Waals surface area contributed by atoms with Crippen molar-refractivity contribution in [1.29, 1.82) is 0 Å². The molecule has 3 N–H and O–H groups in total. The monoisotopic (exact) mass is 512 g/mol. The number of anilines is 1. The van der Waals surface area contributed by atoms with E-state index in [1.54, 1.807) is 30.2 Å². The topological polar surface area (TPSA) is 103 Å². The van der Waals surface area contributed by atoms with E-state index in [9.17, 15) is 14.7 Å². The van der Waals surface area contributed by atoms with Crippen LogP contribution >= 0.6 is 0 Å². The number of nitrogens with one attached hydrogen (secondary N) is 2. The highest BCUT2D eigenvalue weighted by molar-refractivity contribution is 6.01. The van der Waals surface area contributed by atoms with Crippen LogP contribution in [0.1, 0.15) is 43.6 Å². The molecule has 0 radical (unpaired) electrons. The van der Waals surface area contributed by atoms with Crippen LogP contribution in [-0.2, 0) is 6.54 Å². The van der Waals surface area contributed by atoms with Gasteiger partial charge in [-0.1, -0.05) is 25.1 Å². The molecule has 1 aliphatic rings. The van der Waals surface area contributed by atoms with Gasteiger partial charge in [0.05, 0.1) is 31.0 Å². The molecule has 0 spiro atoms. The van der Waals surface area contributed by atoms with Gasteiger partial charge in [0.25, 0.3) is 5.91 Å². The maximum atomic E-state index is 13.6. The van der Waals surface area contributed by atoms with Crippen molar-refractivity contribution in [2.24, 2.45) is 5.92 Å². The van der Waals surface area contributed by atoms with Crippen LogP contribution in [0.15, 0.2) is 42.5 Å². The van der Waals surface area contributed by atoms with Crippen molar-refractivity contribution >= 4 is 17.6 Å². The molecule has 1 heterocycles. The number of hydrogen-bond acceptors (Lipinski definition) is 6. The van der Waals surface area contributed by atoms with Crippen molar-refractivity contribution in [3.05, 3.63) is 53.6 Å². The molecule has 0 bridgehead atoms. The quantitative estimate of drug-likeness (QED) is 0.475. The maximum absolute atomic E-state index is 13.6. The molecule has 202 valence electrons. The van der Waals surface area contributed by atoms with Crippen LogP contribution in [0.25, 0.3) is 0 Å². The lowest BCUT2D eigenvalue weighted by molar-refractivity contribution is 0.0343. The molecule has 3 amide bonds. The molecule has 3 rings (SSSR count). The summed E-state index contributed by atoms with van der Waals surface area (Å²) in [6, 6.07) is 12.3. The minimum absolute atomic E-state index is 0.0398. The van der Waals surface area contributed by atoms with Crippen LogP contribution in [0.3, 0.4) is 0 Å². The standard InChI is InChI=1S/C28H40N4O5/c1-18(2)29-28(35)30-24-9-7-8-23-26(24)37-25(19(3)14-32(27(23)34)20(4)17-33)16-31(5)15-21-10-12-22(36-6)13-11-21/h7-13,18-20,25,33H,14-17H2,1-6H3,(H2,29,30,35)/t19-,20-,25+/m0/s1. The highest BCUT2D eigenvalue weighted by Gasteiger charge is 2.34. The maximum Gasteiger partial charge on any atom is 0.319 e. The Labute approximate surface area is 219 Å². The summed E-state index contributed by atoms with van der Waals surface area (Å²) in [5, 5.41) is 15.5. The van der Waals surface area contributed by atoms with Crippen molar-refractivity contribution in [1.82, 2.24) is 15.1 Å². The van der Waals surface area contributed by atoms with Gasteiger partial charge in [0.2, 0.25) is 0 Å². The number of carbonyl (C=O) groups excluding carboxylic acids is 2. The van der Waals surface area contributed by atoms with Crippen molar-refractivity contribution in [2.75, 3.05) is 39.2 Å². The molecule has 9 nitrogen and oxygen atoms in total. The van der Waals surface area contributed by atoms with Gasteiger partial charge in [-0.3, -0.25) is 9.69 Å². The number of nitrogens with zero attached hydrogens (tertiary/aromatic N) is 2. The third-order valence-corrected chi connectivity index (χ3v) is 6.46. The largest absolute Gasteiger partial charge is 0.497 e.